The summed E-state index contributed by atoms with van der Waals surface area (Å²) < 4.78 is 33.2. The number of aromatic carboxylic acids is 1. The van der Waals surface area contributed by atoms with Gasteiger partial charge in [0, 0.05) is 34.8 Å². The third-order valence-electron chi connectivity index (χ3n) is 9.17. The third-order valence-corrected chi connectivity index (χ3v) is 9.40. The van der Waals surface area contributed by atoms with Gasteiger partial charge in [0.05, 0.1) is 11.3 Å². The summed E-state index contributed by atoms with van der Waals surface area (Å²) in [7, 11) is 0. The zero-order chi connectivity index (χ0) is 38.1. The van der Waals surface area contributed by atoms with Crippen LogP contribution in [0.1, 0.15) is 46.7 Å². The number of hydrogen-bond acceptors (Lipinski definition) is 8. The van der Waals surface area contributed by atoms with E-state index in [1.807, 2.05) is 30.3 Å². The monoisotopic (exact) mass is 753 g/mol. The highest BCUT2D eigenvalue weighted by Crippen LogP contribution is 2.41. The zero-order valence-corrected chi connectivity index (χ0v) is 28.7. The molecule has 0 bridgehead atoms. The van der Waals surface area contributed by atoms with Crippen LogP contribution in [0.5, 0.6) is 0 Å². The molecular formula is C36H35ClF3N7O6. The molecule has 13 nitrogen and oxygen atoms in total. The number of carboxylic acids is 2. The first-order chi connectivity index (χ1) is 25.3. The van der Waals surface area contributed by atoms with Crippen LogP contribution in [0, 0.1) is 11.8 Å². The maximum absolute atomic E-state index is 14.2. The van der Waals surface area contributed by atoms with E-state index in [2.05, 4.69) is 26.2 Å². The quantitative estimate of drug-likeness (QED) is 0.173. The molecule has 2 fully saturated rings. The largest absolute Gasteiger partial charge is 0.490 e. The lowest BCUT2D eigenvalue weighted by Gasteiger charge is -2.46. The van der Waals surface area contributed by atoms with Crippen molar-refractivity contribution in [3.8, 4) is 5.69 Å². The number of aromatic nitrogens is 4. The Bertz CT molecular complexity index is 1920. The Morgan fingerprint density at radius 1 is 0.943 bits per heavy atom. The van der Waals surface area contributed by atoms with Gasteiger partial charge in [0.25, 0.3) is 0 Å². The maximum Gasteiger partial charge on any atom is 0.490 e. The van der Waals surface area contributed by atoms with Gasteiger partial charge in [-0.05, 0) is 109 Å². The fourth-order valence-electron chi connectivity index (χ4n) is 6.65. The number of hydrogen-bond donors (Lipinski definition) is 4. The number of piperidine rings is 2. The van der Waals surface area contributed by atoms with E-state index in [1.165, 1.54) is 29.2 Å². The number of nitrogens with zero attached hydrogens (tertiary/aromatic N) is 5. The van der Waals surface area contributed by atoms with Crippen molar-refractivity contribution in [2.75, 3.05) is 25.0 Å². The molecule has 3 atom stereocenters. The molecule has 2 aliphatic heterocycles. The fourth-order valence-corrected chi connectivity index (χ4v) is 6.83. The van der Waals surface area contributed by atoms with Gasteiger partial charge in [-0.25, -0.2) is 9.59 Å². The Balaban J connectivity index is 0.000000705. The van der Waals surface area contributed by atoms with E-state index in [1.54, 1.807) is 41.3 Å². The van der Waals surface area contributed by atoms with Crippen LogP contribution in [0.25, 0.3) is 11.8 Å². The molecule has 2 aliphatic rings. The molecule has 3 heterocycles. The van der Waals surface area contributed by atoms with Crippen molar-refractivity contribution in [1.29, 1.82) is 0 Å². The first-order valence-electron chi connectivity index (χ1n) is 16.5. The number of halogens is 4. The zero-order valence-electron chi connectivity index (χ0n) is 28.0. The summed E-state index contributed by atoms with van der Waals surface area (Å²) >= 11 is 6.32. The van der Waals surface area contributed by atoms with Gasteiger partial charge < -0.3 is 25.7 Å². The van der Waals surface area contributed by atoms with Crippen molar-refractivity contribution in [2.45, 2.75) is 37.4 Å². The molecule has 0 spiro atoms. The van der Waals surface area contributed by atoms with Crippen LogP contribution in [0.4, 0.5) is 18.9 Å². The highest BCUT2D eigenvalue weighted by Gasteiger charge is 2.45. The predicted molar refractivity (Wildman–Crippen MR) is 187 cm³/mol. The van der Waals surface area contributed by atoms with Crippen molar-refractivity contribution < 1.29 is 42.6 Å². The number of tetrazole rings is 1. The molecule has 3 unspecified atom stereocenters. The van der Waals surface area contributed by atoms with Crippen LogP contribution in [-0.4, -0.2) is 90.9 Å². The minimum absolute atomic E-state index is 0.117. The van der Waals surface area contributed by atoms with Crippen LogP contribution < -0.4 is 10.6 Å². The molecule has 4 aromatic rings. The van der Waals surface area contributed by atoms with Gasteiger partial charge in [0.2, 0.25) is 11.8 Å². The molecular weight excluding hydrogens is 719 g/mol. The van der Waals surface area contributed by atoms with E-state index >= 15 is 0 Å². The van der Waals surface area contributed by atoms with Crippen LogP contribution in [0.15, 0.2) is 85.2 Å². The van der Waals surface area contributed by atoms with Gasteiger partial charge >= 0.3 is 18.1 Å². The summed E-state index contributed by atoms with van der Waals surface area (Å²) in [6.07, 6.45) is 2.31. The Morgan fingerprint density at radius 2 is 1.62 bits per heavy atom. The normalized spacial score (nSPS) is 19.2. The van der Waals surface area contributed by atoms with E-state index < -0.39 is 24.2 Å². The number of benzene rings is 3. The summed E-state index contributed by atoms with van der Waals surface area (Å²) in [5, 5.41) is 34.7. The number of carboxylic acid groups (broad SMARTS) is 2. The van der Waals surface area contributed by atoms with E-state index in [-0.39, 0.29) is 29.2 Å². The van der Waals surface area contributed by atoms with Crippen molar-refractivity contribution >= 4 is 47.1 Å². The molecule has 6 rings (SSSR count). The molecule has 1 aromatic heterocycles. The van der Waals surface area contributed by atoms with Crippen LogP contribution in [-0.2, 0) is 14.4 Å². The molecule has 3 aromatic carbocycles. The number of carbonyl (C=O) groups excluding carboxylic acids is 2. The van der Waals surface area contributed by atoms with Crippen LogP contribution in [0.2, 0.25) is 5.02 Å². The van der Waals surface area contributed by atoms with Crippen molar-refractivity contribution in [2.24, 2.45) is 11.8 Å². The number of anilines is 1. The van der Waals surface area contributed by atoms with Crippen LogP contribution >= 0.6 is 11.6 Å². The lowest BCUT2D eigenvalue weighted by Crippen LogP contribution is -2.56. The van der Waals surface area contributed by atoms with Gasteiger partial charge in [0.15, 0.2) is 0 Å². The number of aliphatic carboxylic acids is 1. The Kier molecular flexibility index (Phi) is 12.6. The molecule has 4 N–H and O–H groups in total. The Morgan fingerprint density at radius 3 is 2.23 bits per heavy atom. The molecule has 53 heavy (non-hydrogen) atoms. The van der Waals surface area contributed by atoms with Gasteiger partial charge in [-0.3, -0.25) is 9.59 Å². The molecule has 0 aliphatic carbocycles. The van der Waals surface area contributed by atoms with Crippen molar-refractivity contribution in [1.82, 2.24) is 30.4 Å². The number of amides is 2. The third kappa shape index (κ3) is 10.0. The summed E-state index contributed by atoms with van der Waals surface area (Å²) in [5.41, 5.74) is 2.84. The van der Waals surface area contributed by atoms with Gasteiger partial charge in [-0.2, -0.15) is 17.9 Å². The minimum Gasteiger partial charge on any atom is -0.478 e. The fraction of sp³-hybridized carbons (Fsp3) is 0.306. The second kappa shape index (κ2) is 17.3. The summed E-state index contributed by atoms with van der Waals surface area (Å²) in [6.45, 7) is 2.29. The minimum atomic E-state index is -5.08. The second-order valence-electron chi connectivity index (χ2n) is 12.5. The first kappa shape index (κ1) is 38.6. The lowest BCUT2D eigenvalue weighted by atomic mass is 9.71. The summed E-state index contributed by atoms with van der Waals surface area (Å²) in [4.78, 5) is 50.4. The van der Waals surface area contributed by atoms with E-state index in [4.69, 9.17) is 21.5 Å². The van der Waals surface area contributed by atoms with E-state index in [0.29, 0.717) is 34.4 Å². The first-order valence-corrected chi connectivity index (χ1v) is 16.9. The maximum atomic E-state index is 14.2. The molecule has 17 heteroatoms. The number of nitrogens with one attached hydrogen (secondary N) is 2. The average Bonchev–Trinajstić information content (AvgIpc) is 3.69. The highest BCUT2D eigenvalue weighted by molar-refractivity contribution is 6.30. The molecule has 0 radical (unpaired) electrons. The smallest absolute Gasteiger partial charge is 0.478 e. The summed E-state index contributed by atoms with van der Waals surface area (Å²) in [6, 6.07) is 20.3. The Hall–Kier alpha value is -5.61. The van der Waals surface area contributed by atoms with Gasteiger partial charge in [0.1, 0.15) is 12.4 Å². The number of likely N-dealkylation sites (tertiary alicyclic amines) is 1. The molecule has 278 valence electrons. The highest BCUT2D eigenvalue weighted by atomic mass is 35.5. The molecule has 2 amide bonds. The number of carbonyl (C=O) groups is 4. The van der Waals surface area contributed by atoms with Crippen molar-refractivity contribution in [3.05, 3.63) is 107 Å². The standard InChI is InChI=1S/C34H34ClN7O4.C2HF3O2/c35-27-9-12-30(42-21-37-39-40-42)25(18-27)8-13-31(43)41-20-26(22-14-16-36-17-15-22)19-29(23-4-2-1-3-5-23)32(41)33(44)38-28-10-6-24(7-11-28)34(45)46;3-2(4,5)1(6)7/h1-13,18,21-22,26,29,32,36H,14-17,19-20H2,(H,38,44)(H,45,46);(H,6,7)/b13-8+;. The van der Waals surface area contributed by atoms with Gasteiger partial charge in [-0.1, -0.05) is 41.9 Å². The second-order valence-corrected chi connectivity index (χ2v) is 12.9. The molecule has 0 saturated carbocycles. The average molecular weight is 754 g/mol. The van der Waals surface area contributed by atoms with Crippen molar-refractivity contribution in [3.63, 3.8) is 0 Å². The van der Waals surface area contributed by atoms with E-state index in [0.717, 1.165) is 37.9 Å². The van der Waals surface area contributed by atoms with Crippen LogP contribution in [0.3, 0.4) is 0 Å². The van der Waals surface area contributed by atoms with E-state index in [9.17, 15) is 32.7 Å². The Labute approximate surface area is 306 Å². The number of rotatable bonds is 8. The number of alkyl halides is 3. The SMILES string of the molecule is O=C(O)C(F)(F)F.O=C(O)c1ccc(NC(=O)C2C(c3ccccc3)CC(C3CCNCC3)CN2C(=O)/C=C/c2cc(Cl)ccc2-n2cnnn2)cc1. The lowest BCUT2D eigenvalue weighted by molar-refractivity contribution is -0.192. The van der Waals surface area contributed by atoms with Gasteiger partial charge in [-0.15, -0.1) is 5.10 Å². The predicted octanol–water partition coefficient (Wildman–Crippen LogP) is 5.30. The summed E-state index contributed by atoms with van der Waals surface area (Å²) in [5.74, 6) is -4.08. The molecule has 2 saturated heterocycles. The topological polar surface area (TPSA) is 180 Å².